The first-order valence-electron chi connectivity index (χ1n) is 7.68. The van der Waals surface area contributed by atoms with Crippen molar-refractivity contribution in [1.29, 1.82) is 0 Å². The molecule has 128 valence electrons. The number of phenols is 1. The van der Waals surface area contributed by atoms with E-state index in [0.29, 0.717) is 11.6 Å². The molecule has 0 radical (unpaired) electrons. The second kappa shape index (κ2) is 10.1. The molecule has 1 aromatic carbocycles. The number of carboxylic acid groups (broad SMARTS) is 1. The predicted octanol–water partition coefficient (Wildman–Crippen LogP) is 3.00. The maximum absolute atomic E-state index is 12.0. The lowest BCUT2D eigenvalue weighted by atomic mass is 10.1. The summed E-state index contributed by atoms with van der Waals surface area (Å²) in [5.74, 6) is -1.70. The molecule has 0 aliphatic heterocycles. The average Bonchev–Trinajstić information content (AvgIpc) is 2.49. The summed E-state index contributed by atoms with van der Waals surface area (Å²) in [7, 11) is 0. The number of aromatic hydroxyl groups is 1. The Kier molecular flexibility index (Phi) is 8.43. The van der Waals surface area contributed by atoms with E-state index in [1.807, 2.05) is 0 Å². The number of rotatable bonds is 10. The Morgan fingerprint density at radius 3 is 2.65 bits per heavy atom. The van der Waals surface area contributed by atoms with Crippen molar-refractivity contribution in [2.24, 2.45) is 0 Å². The fraction of sp³-hybridized carbons (Fsp3) is 0.500. The molecular formula is C16H23ClN2O4. The van der Waals surface area contributed by atoms with Gasteiger partial charge in [0.1, 0.15) is 11.8 Å². The third kappa shape index (κ3) is 7.34. The second-order valence-electron chi connectivity index (χ2n) is 5.32. The highest BCUT2D eigenvalue weighted by Crippen LogP contribution is 2.26. The van der Waals surface area contributed by atoms with Crippen LogP contribution in [0.4, 0.5) is 5.69 Å². The van der Waals surface area contributed by atoms with E-state index >= 15 is 0 Å². The van der Waals surface area contributed by atoms with Crippen LogP contribution < -0.4 is 10.6 Å². The zero-order valence-electron chi connectivity index (χ0n) is 13.1. The summed E-state index contributed by atoms with van der Waals surface area (Å²) < 4.78 is 0. The van der Waals surface area contributed by atoms with Gasteiger partial charge in [-0.05, 0) is 31.2 Å². The van der Waals surface area contributed by atoms with Crippen molar-refractivity contribution in [3.05, 3.63) is 23.2 Å². The highest BCUT2D eigenvalue weighted by molar-refractivity contribution is 6.31. The SMILES string of the molecule is CCCCCCN[C@@H](CC(=O)Nc1cc(Cl)ccc1O)C(=O)O. The zero-order valence-corrected chi connectivity index (χ0v) is 13.9. The number of phenolic OH excluding ortho intramolecular Hbond substituents is 1. The van der Waals surface area contributed by atoms with E-state index in [9.17, 15) is 19.8 Å². The first-order valence-corrected chi connectivity index (χ1v) is 8.06. The minimum Gasteiger partial charge on any atom is -0.506 e. The van der Waals surface area contributed by atoms with Crippen molar-refractivity contribution in [3.63, 3.8) is 0 Å². The summed E-state index contributed by atoms with van der Waals surface area (Å²) >= 11 is 5.80. The topological polar surface area (TPSA) is 98.7 Å². The van der Waals surface area contributed by atoms with Crippen LogP contribution in [0.1, 0.15) is 39.0 Å². The molecule has 1 atom stereocenters. The number of carboxylic acids is 1. The monoisotopic (exact) mass is 342 g/mol. The van der Waals surface area contributed by atoms with Gasteiger partial charge in [-0.25, -0.2) is 0 Å². The molecule has 1 amide bonds. The van der Waals surface area contributed by atoms with Crippen molar-refractivity contribution < 1.29 is 19.8 Å². The predicted molar refractivity (Wildman–Crippen MR) is 89.9 cm³/mol. The van der Waals surface area contributed by atoms with Crippen molar-refractivity contribution in [3.8, 4) is 5.75 Å². The lowest BCUT2D eigenvalue weighted by molar-refractivity contribution is -0.141. The summed E-state index contributed by atoms with van der Waals surface area (Å²) in [6.07, 6.45) is 3.88. The van der Waals surface area contributed by atoms with Crippen LogP contribution in [0.2, 0.25) is 5.02 Å². The summed E-state index contributed by atoms with van der Waals surface area (Å²) in [5.41, 5.74) is 0.162. The first-order chi connectivity index (χ1) is 10.9. The highest BCUT2D eigenvalue weighted by Gasteiger charge is 2.21. The smallest absolute Gasteiger partial charge is 0.321 e. The maximum Gasteiger partial charge on any atom is 0.321 e. The Labute approximate surface area is 140 Å². The lowest BCUT2D eigenvalue weighted by Crippen LogP contribution is -2.40. The number of unbranched alkanes of at least 4 members (excludes halogenated alkanes) is 3. The maximum atomic E-state index is 12.0. The number of nitrogens with one attached hydrogen (secondary N) is 2. The van der Waals surface area contributed by atoms with Gasteiger partial charge in [0, 0.05) is 5.02 Å². The molecule has 1 rings (SSSR count). The summed E-state index contributed by atoms with van der Waals surface area (Å²) in [5, 5.41) is 24.5. The molecule has 4 N–H and O–H groups in total. The van der Waals surface area contributed by atoms with Crippen LogP contribution in [-0.2, 0) is 9.59 Å². The molecule has 0 aliphatic carbocycles. The number of amides is 1. The number of carbonyl (C=O) groups is 2. The highest BCUT2D eigenvalue weighted by atomic mass is 35.5. The quantitative estimate of drug-likeness (QED) is 0.387. The van der Waals surface area contributed by atoms with Crippen molar-refractivity contribution >= 4 is 29.2 Å². The Morgan fingerprint density at radius 1 is 1.26 bits per heavy atom. The summed E-state index contributed by atoms with van der Waals surface area (Å²) in [6, 6.07) is 3.30. The van der Waals surface area contributed by atoms with E-state index in [2.05, 4.69) is 17.6 Å². The molecule has 7 heteroatoms. The number of halogens is 1. The molecule has 0 fully saturated rings. The van der Waals surface area contributed by atoms with Gasteiger partial charge < -0.3 is 20.8 Å². The van der Waals surface area contributed by atoms with Crippen LogP contribution in [0.15, 0.2) is 18.2 Å². The molecule has 0 heterocycles. The van der Waals surface area contributed by atoms with Crippen LogP contribution in [0.5, 0.6) is 5.75 Å². The van der Waals surface area contributed by atoms with Gasteiger partial charge in [-0.15, -0.1) is 0 Å². The Hall–Kier alpha value is -1.79. The molecule has 0 unspecified atom stereocenters. The molecular weight excluding hydrogens is 320 g/mol. The van der Waals surface area contributed by atoms with E-state index in [0.717, 1.165) is 25.7 Å². The molecule has 0 spiro atoms. The molecule has 0 aliphatic rings. The molecule has 1 aromatic rings. The summed E-state index contributed by atoms with van der Waals surface area (Å²) in [4.78, 5) is 23.2. The van der Waals surface area contributed by atoms with Crippen LogP contribution in [0.3, 0.4) is 0 Å². The Morgan fingerprint density at radius 2 is 2.00 bits per heavy atom. The largest absolute Gasteiger partial charge is 0.506 e. The molecule has 23 heavy (non-hydrogen) atoms. The molecule has 0 saturated carbocycles. The van der Waals surface area contributed by atoms with Crippen molar-refractivity contribution in [2.75, 3.05) is 11.9 Å². The van der Waals surface area contributed by atoms with Gasteiger partial charge in [-0.2, -0.15) is 0 Å². The van der Waals surface area contributed by atoms with Crippen molar-refractivity contribution in [2.45, 2.75) is 45.1 Å². The third-order valence-electron chi connectivity index (χ3n) is 3.34. The summed E-state index contributed by atoms with van der Waals surface area (Å²) in [6.45, 7) is 2.65. The zero-order chi connectivity index (χ0) is 17.2. The lowest BCUT2D eigenvalue weighted by Gasteiger charge is -2.15. The minimum absolute atomic E-state index is 0.123. The van der Waals surface area contributed by atoms with Crippen LogP contribution in [-0.4, -0.2) is 34.7 Å². The van der Waals surface area contributed by atoms with Gasteiger partial charge in [0.2, 0.25) is 5.91 Å². The molecule has 0 aromatic heterocycles. The third-order valence-corrected chi connectivity index (χ3v) is 3.58. The Bertz CT molecular complexity index is 537. The molecule has 6 nitrogen and oxygen atoms in total. The van der Waals surface area contributed by atoms with Gasteiger partial charge in [-0.1, -0.05) is 37.8 Å². The molecule has 0 saturated heterocycles. The van der Waals surface area contributed by atoms with Crippen molar-refractivity contribution in [1.82, 2.24) is 5.32 Å². The fourth-order valence-corrected chi connectivity index (χ4v) is 2.24. The van der Waals surface area contributed by atoms with Gasteiger partial charge in [0.05, 0.1) is 12.1 Å². The van der Waals surface area contributed by atoms with E-state index in [1.165, 1.54) is 18.2 Å². The standard InChI is InChI=1S/C16H23ClN2O4/c1-2-3-4-5-8-18-13(16(22)23)10-15(21)19-12-9-11(17)6-7-14(12)20/h6-7,9,13,18,20H,2-5,8,10H2,1H3,(H,19,21)(H,22,23)/t13-/m0/s1. The number of benzene rings is 1. The van der Waals surface area contributed by atoms with Gasteiger partial charge in [-0.3, -0.25) is 9.59 Å². The van der Waals surface area contributed by atoms with Crippen LogP contribution in [0, 0.1) is 0 Å². The number of aliphatic carboxylic acids is 1. The Balaban J connectivity index is 2.50. The first kappa shape index (κ1) is 19.3. The number of hydrogen-bond acceptors (Lipinski definition) is 4. The van der Waals surface area contributed by atoms with E-state index in [1.54, 1.807) is 0 Å². The molecule has 0 bridgehead atoms. The number of carbonyl (C=O) groups excluding carboxylic acids is 1. The van der Waals surface area contributed by atoms with Crippen LogP contribution >= 0.6 is 11.6 Å². The number of anilines is 1. The minimum atomic E-state index is -1.08. The average molecular weight is 343 g/mol. The fourth-order valence-electron chi connectivity index (χ4n) is 2.07. The second-order valence-corrected chi connectivity index (χ2v) is 5.76. The normalized spacial score (nSPS) is 11.9. The van der Waals surface area contributed by atoms with Gasteiger partial charge >= 0.3 is 5.97 Å². The van der Waals surface area contributed by atoms with Crippen LogP contribution in [0.25, 0.3) is 0 Å². The van der Waals surface area contributed by atoms with E-state index < -0.39 is 17.9 Å². The number of hydrogen-bond donors (Lipinski definition) is 4. The van der Waals surface area contributed by atoms with E-state index in [4.69, 9.17) is 11.6 Å². The van der Waals surface area contributed by atoms with Gasteiger partial charge in [0.25, 0.3) is 0 Å². The van der Waals surface area contributed by atoms with E-state index in [-0.39, 0.29) is 17.9 Å². The van der Waals surface area contributed by atoms with Gasteiger partial charge in [0.15, 0.2) is 0 Å².